The highest BCUT2D eigenvalue weighted by Crippen LogP contribution is 2.04. The standard InChI is InChI=1S/C7H3NS/c8-5-1-3-7-4-2-6-9-7/h2,4,6H. The first-order valence-electron chi connectivity index (χ1n) is 2.37. The van der Waals surface area contributed by atoms with E-state index in [0.29, 0.717) is 0 Å². The smallest absolute Gasteiger partial charge is 0.152 e. The molecule has 42 valence electrons. The molecule has 1 nitrogen and oxygen atoms in total. The Morgan fingerprint density at radius 2 is 2.44 bits per heavy atom. The van der Waals surface area contributed by atoms with Crippen LogP contribution in [0.1, 0.15) is 4.88 Å². The molecule has 2 heteroatoms. The molecule has 0 fully saturated rings. The van der Waals surface area contributed by atoms with E-state index in [1.54, 1.807) is 6.07 Å². The zero-order valence-electron chi connectivity index (χ0n) is 4.59. The molecule has 0 aromatic carbocycles. The first kappa shape index (κ1) is 5.88. The second-order valence-corrected chi connectivity index (χ2v) is 2.29. The molecule has 0 spiro atoms. The van der Waals surface area contributed by atoms with Crippen molar-refractivity contribution >= 4 is 11.3 Å². The lowest BCUT2D eigenvalue weighted by Gasteiger charge is -1.68. The van der Waals surface area contributed by atoms with Crippen LogP contribution in [-0.4, -0.2) is 0 Å². The average molecular weight is 133 g/mol. The Labute approximate surface area is 57.6 Å². The molecule has 1 aromatic rings. The highest BCUT2D eigenvalue weighted by molar-refractivity contribution is 7.10. The van der Waals surface area contributed by atoms with Crippen LogP contribution >= 0.6 is 11.3 Å². The summed E-state index contributed by atoms with van der Waals surface area (Å²) in [5, 5.41) is 9.98. The normalized spacial score (nSPS) is 7.00. The van der Waals surface area contributed by atoms with Gasteiger partial charge >= 0.3 is 0 Å². The topological polar surface area (TPSA) is 23.8 Å². The minimum absolute atomic E-state index is 0.941. The molecular weight excluding hydrogens is 130 g/mol. The van der Waals surface area contributed by atoms with Crippen LogP contribution in [0.5, 0.6) is 0 Å². The molecule has 0 bridgehead atoms. The third-order valence-corrected chi connectivity index (χ3v) is 1.55. The Bertz CT molecular complexity index is 268. The van der Waals surface area contributed by atoms with Crippen molar-refractivity contribution in [2.75, 3.05) is 0 Å². The molecule has 0 saturated heterocycles. The molecule has 0 atom stereocenters. The molecule has 0 amide bonds. The third-order valence-electron chi connectivity index (χ3n) is 0.763. The maximum atomic E-state index is 8.05. The minimum Gasteiger partial charge on any atom is -0.183 e. The number of nitriles is 1. The Morgan fingerprint density at radius 3 is 3.00 bits per heavy atom. The van der Waals surface area contributed by atoms with E-state index in [-0.39, 0.29) is 0 Å². The van der Waals surface area contributed by atoms with Gasteiger partial charge in [0.05, 0.1) is 4.88 Å². The molecular formula is C7H3NS. The van der Waals surface area contributed by atoms with E-state index in [4.69, 9.17) is 5.26 Å². The molecule has 1 rings (SSSR count). The van der Waals surface area contributed by atoms with Crippen molar-refractivity contribution in [3.05, 3.63) is 22.4 Å². The number of thiophene rings is 1. The quantitative estimate of drug-likeness (QED) is 0.493. The zero-order chi connectivity index (χ0) is 6.53. The molecule has 0 N–H and O–H groups in total. The predicted molar refractivity (Wildman–Crippen MR) is 36.8 cm³/mol. The SMILES string of the molecule is N#CC#Cc1cccs1. The lowest BCUT2D eigenvalue weighted by molar-refractivity contribution is 1.55. The first-order valence-corrected chi connectivity index (χ1v) is 3.25. The molecule has 1 aromatic heterocycles. The van der Waals surface area contributed by atoms with Gasteiger partial charge in [-0.15, -0.1) is 11.3 Å². The first-order chi connectivity index (χ1) is 4.43. The summed E-state index contributed by atoms with van der Waals surface area (Å²) in [5.41, 5.74) is 0. The summed E-state index contributed by atoms with van der Waals surface area (Å²) in [4.78, 5) is 0.941. The summed E-state index contributed by atoms with van der Waals surface area (Å²) in [7, 11) is 0. The van der Waals surface area contributed by atoms with Crippen LogP contribution in [0.25, 0.3) is 0 Å². The molecule has 0 aliphatic carbocycles. The van der Waals surface area contributed by atoms with Gasteiger partial charge in [-0.3, -0.25) is 0 Å². The van der Waals surface area contributed by atoms with Gasteiger partial charge in [0.15, 0.2) is 6.07 Å². The van der Waals surface area contributed by atoms with Crippen LogP contribution in [0, 0.1) is 23.2 Å². The highest BCUT2D eigenvalue weighted by Gasteiger charge is 1.81. The van der Waals surface area contributed by atoms with Crippen molar-refractivity contribution in [1.82, 2.24) is 0 Å². The van der Waals surface area contributed by atoms with Crippen molar-refractivity contribution < 1.29 is 0 Å². The van der Waals surface area contributed by atoms with Gasteiger partial charge in [-0.2, -0.15) is 5.26 Å². The van der Waals surface area contributed by atoms with E-state index in [1.165, 1.54) is 11.3 Å². The van der Waals surface area contributed by atoms with Crippen LogP contribution in [0.3, 0.4) is 0 Å². The van der Waals surface area contributed by atoms with Crippen LogP contribution in [0.4, 0.5) is 0 Å². The van der Waals surface area contributed by atoms with Gasteiger partial charge in [0.25, 0.3) is 0 Å². The molecule has 0 aliphatic rings. The molecule has 9 heavy (non-hydrogen) atoms. The highest BCUT2D eigenvalue weighted by atomic mass is 32.1. The summed E-state index contributed by atoms with van der Waals surface area (Å²) in [6.07, 6.45) is 0. The van der Waals surface area contributed by atoms with Crippen molar-refractivity contribution in [2.45, 2.75) is 0 Å². The van der Waals surface area contributed by atoms with E-state index in [9.17, 15) is 0 Å². The molecule has 0 saturated carbocycles. The Hall–Kier alpha value is -1.25. The molecule has 0 aliphatic heterocycles. The van der Waals surface area contributed by atoms with E-state index >= 15 is 0 Å². The van der Waals surface area contributed by atoms with Crippen molar-refractivity contribution in [3.63, 3.8) is 0 Å². The Balaban J connectivity index is 2.82. The van der Waals surface area contributed by atoms with Gasteiger partial charge in [0.2, 0.25) is 0 Å². The fourth-order valence-corrected chi connectivity index (χ4v) is 1.01. The largest absolute Gasteiger partial charge is 0.183 e. The fourth-order valence-electron chi connectivity index (χ4n) is 0.439. The summed E-state index contributed by atoms with van der Waals surface area (Å²) < 4.78 is 0. The van der Waals surface area contributed by atoms with Crippen molar-refractivity contribution in [2.24, 2.45) is 0 Å². The summed E-state index contributed by atoms with van der Waals surface area (Å²) in [6.45, 7) is 0. The fraction of sp³-hybridized carbons (Fsp3) is 0. The van der Waals surface area contributed by atoms with Crippen LogP contribution < -0.4 is 0 Å². The van der Waals surface area contributed by atoms with Gasteiger partial charge in [0, 0.05) is 5.92 Å². The predicted octanol–water partition coefficient (Wildman–Crippen LogP) is 1.62. The second kappa shape index (κ2) is 2.91. The van der Waals surface area contributed by atoms with Gasteiger partial charge in [-0.05, 0) is 17.4 Å². The summed E-state index contributed by atoms with van der Waals surface area (Å²) in [6, 6.07) is 5.54. The van der Waals surface area contributed by atoms with Crippen LogP contribution in [0.2, 0.25) is 0 Å². The maximum Gasteiger partial charge on any atom is 0.152 e. The van der Waals surface area contributed by atoms with Crippen molar-refractivity contribution in [1.29, 1.82) is 5.26 Å². The maximum absolute atomic E-state index is 8.05. The van der Waals surface area contributed by atoms with E-state index in [0.717, 1.165) is 4.88 Å². The summed E-state index contributed by atoms with van der Waals surface area (Å²) >= 11 is 1.54. The molecule has 1 heterocycles. The van der Waals surface area contributed by atoms with Gasteiger partial charge < -0.3 is 0 Å². The Kier molecular flexibility index (Phi) is 1.90. The van der Waals surface area contributed by atoms with E-state index in [1.807, 2.05) is 17.5 Å². The number of nitrogens with zero attached hydrogens (tertiary/aromatic N) is 1. The average Bonchev–Trinajstić information content (AvgIpc) is 2.34. The minimum atomic E-state index is 0.941. The lowest BCUT2D eigenvalue weighted by Crippen LogP contribution is -1.55. The number of rotatable bonds is 0. The summed E-state index contributed by atoms with van der Waals surface area (Å²) in [5.74, 6) is 5.00. The zero-order valence-corrected chi connectivity index (χ0v) is 5.40. The number of hydrogen-bond donors (Lipinski definition) is 0. The molecule has 0 radical (unpaired) electrons. The number of hydrogen-bond acceptors (Lipinski definition) is 2. The third kappa shape index (κ3) is 1.60. The van der Waals surface area contributed by atoms with E-state index < -0.39 is 0 Å². The monoisotopic (exact) mass is 133 g/mol. The van der Waals surface area contributed by atoms with Gasteiger partial charge in [-0.25, -0.2) is 0 Å². The second-order valence-electron chi connectivity index (χ2n) is 1.34. The Morgan fingerprint density at radius 1 is 1.56 bits per heavy atom. The molecule has 0 unspecified atom stereocenters. The van der Waals surface area contributed by atoms with Crippen molar-refractivity contribution in [3.8, 4) is 17.9 Å². The lowest BCUT2D eigenvalue weighted by atomic mass is 10.5. The van der Waals surface area contributed by atoms with Crippen LogP contribution in [0.15, 0.2) is 17.5 Å². The van der Waals surface area contributed by atoms with Gasteiger partial charge in [0.1, 0.15) is 0 Å². The van der Waals surface area contributed by atoms with Crippen LogP contribution in [-0.2, 0) is 0 Å². The van der Waals surface area contributed by atoms with Gasteiger partial charge in [-0.1, -0.05) is 6.07 Å². The van der Waals surface area contributed by atoms with E-state index in [2.05, 4.69) is 11.8 Å².